The number of hydrogen-bond acceptors (Lipinski definition) is 6. The molecule has 2 heterocycles. The van der Waals surface area contributed by atoms with Crippen LogP contribution in [0.5, 0.6) is 11.5 Å². The van der Waals surface area contributed by atoms with E-state index in [0.717, 1.165) is 16.8 Å². The first kappa shape index (κ1) is 22.5. The van der Waals surface area contributed by atoms with E-state index < -0.39 is 5.92 Å². The van der Waals surface area contributed by atoms with E-state index in [0.29, 0.717) is 45.7 Å². The molecule has 1 amide bonds. The van der Waals surface area contributed by atoms with Crippen molar-refractivity contribution in [1.29, 1.82) is 0 Å². The van der Waals surface area contributed by atoms with Crippen LogP contribution in [-0.2, 0) is 9.59 Å². The first-order valence-corrected chi connectivity index (χ1v) is 12.0. The van der Waals surface area contributed by atoms with Crippen molar-refractivity contribution in [3.05, 3.63) is 69.5 Å². The van der Waals surface area contributed by atoms with Crippen LogP contribution in [0, 0.1) is 5.92 Å². The molecule has 1 aromatic heterocycles. The Morgan fingerprint density at radius 3 is 2.50 bits per heavy atom. The average Bonchev–Trinajstić information content (AvgIpc) is 3.33. The summed E-state index contributed by atoms with van der Waals surface area (Å²) in [5.74, 6) is 0.366. The van der Waals surface area contributed by atoms with Gasteiger partial charge in [-0.3, -0.25) is 9.59 Å². The number of ketones is 1. The fourth-order valence-electron chi connectivity index (χ4n) is 4.40. The number of nitrogens with zero attached hydrogens (tertiary/aromatic N) is 2. The monoisotopic (exact) mass is 492 g/mol. The van der Waals surface area contributed by atoms with Crippen LogP contribution < -0.4 is 9.47 Å². The number of hydrogen-bond donors (Lipinski definition) is 0. The zero-order valence-electron chi connectivity index (χ0n) is 18.6. The lowest BCUT2D eigenvalue weighted by Gasteiger charge is -2.30. The number of aromatic nitrogens is 1. The third kappa shape index (κ3) is 4.17. The number of fused-ring (bicyclic) bond motifs is 1. The third-order valence-corrected chi connectivity index (χ3v) is 7.30. The maximum atomic E-state index is 13.1. The number of aliphatic imine (C=N–C) groups is 1. The van der Waals surface area contributed by atoms with Crippen molar-refractivity contribution in [3.8, 4) is 22.8 Å². The zero-order chi connectivity index (χ0) is 23.8. The molecular formula is C26H21ClN2O4S. The minimum atomic E-state index is -0.494. The van der Waals surface area contributed by atoms with E-state index in [9.17, 15) is 9.59 Å². The van der Waals surface area contributed by atoms with Crippen molar-refractivity contribution in [2.45, 2.75) is 18.8 Å². The summed E-state index contributed by atoms with van der Waals surface area (Å²) in [6, 6.07) is 13.0. The fourth-order valence-corrected chi connectivity index (χ4v) is 5.37. The molecule has 34 heavy (non-hydrogen) atoms. The van der Waals surface area contributed by atoms with Gasteiger partial charge in [-0.15, -0.1) is 11.3 Å². The largest absolute Gasteiger partial charge is 0.493 e. The number of ether oxygens (including phenoxy) is 2. The second-order valence-electron chi connectivity index (χ2n) is 8.20. The van der Waals surface area contributed by atoms with Gasteiger partial charge in [-0.25, -0.2) is 9.98 Å². The fraction of sp³-hybridized carbons (Fsp3) is 0.231. The molecule has 3 aromatic rings. The second-order valence-corrected chi connectivity index (χ2v) is 9.49. The van der Waals surface area contributed by atoms with Gasteiger partial charge in [0.15, 0.2) is 11.5 Å². The third-order valence-electron chi connectivity index (χ3n) is 6.17. The number of carbonyl (C=O) groups excluding carboxylic acids is 2. The van der Waals surface area contributed by atoms with Crippen LogP contribution in [-0.4, -0.2) is 36.6 Å². The van der Waals surface area contributed by atoms with Crippen molar-refractivity contribution >= 4 is 45.9 Å². The van der Waals surface area contributed by atoms with E-state index in [1.807, 2.05) is 35.7 Å². The maximum Gasteiger partial charge on any atom is 0.279 e. The summed E-state index contributed by atoms with van der Waals surface area (Å²) in [5.41, 5.74) is 3.62. The smallest absolute Gasteiger partial charge is 0.279 e. The van der Waals surface area contributed by atoms with E-state index in [1.165, 1.54) is 11.3 Å². The summed E-state index contributed by atoms with van der Waals surface area (Å²) in [4.78, 5) is 35.0. The summed E-state index contributed by atoms with van der Waals surface area (Å²) in [7, 11) is 3.16. The number of carbonyl (C=O) groups is 2. The highest BCUT2D eigenvalue weighted by molar-refractivity contribution is 7.11. The van der Waals surface area contributed by atoms with Gasteiger partial charge in [0.05, 0.1) is 31.4 Å². The number of methoxy groups -OCH3 is 2. The molecule has 172 valence electrons. The van der Waals surface area contributed by atoms with Crippen LogP contribution in [0.2, 0.25) is 5.02 Å². The Hall–Kier alpha value is -3.29. The lowest BCUT2D eigenvalue weighted by molar-refractivity contribution is -0.120. The van der Waals surface area contributed by atoms with Crippen molar-refractivity contribution < 1.29 is 19.1 Å². The lowest BCUT2D eigenvalue weighted by atomic mass is 9.75. The molecule has 0 saturated heterocycles. The molecule has 1 saturated carbocycles. The number of allylic oxidation sites excluding steroid dienone is 1. The highest BCUT2D eigenvalue weighted by Gasteiger charge is 2.37. The Kier molecular flexibility index (Phi) is 6.06. The Labute approximate surface area is 205 Å². The molecule has 0 spiro atoms. The average molecular weight is 493 g/mol. The number of thiazole rings is 1. The van der Waals surface area contributed by atoms with E-state index >= 15 is 0 Å². The van der Waals surface area contributed by atoms with Crippen LogP contribution in [0.25, 0.3) is 16.8 Å². The predicted molar refractivity (Wildman–Crippen MR) is 133 cm³/mol. The van der Waals surface area contributed by atoms with Gasteiger partial charge in [0.1, 0.15) is 10.8 Å². The minimum absolute atomic E-state index is 0.0456. The standard InChI is InChI=1S/C26H21ClN2O4S/c1-32-23-8-5-15(11-24(23)33-2)16-9-20-18(22(30)10-16)12-19(25(31)28-20)26-29-21(13-34-26)14-3-6-17(27)7-4-14/h3-8,11-13,16,18H,9-10H2,1-2H3. The van der Waals surface area contributed by atoms with Crippen molar-refractivity contribution in [2.24, 2.45) is 10.9 Å². The quantitative estimate of drug-likeness (QED) is 0.462. The van der Waals surface area contributed by atoms with E-state index in [1.54, 1.807) is 32.4 Å². The topological polar surface area (TPSA) is 77.9 Å². The highest BCUT2D eigenvalue weighted by atomic mass is 35.5. The summed E-state index contributed by atoms with van der Waals surface area (Å²) in [6.45, 7) is 0. The maximum absolute atomic E-state index is 13.1. The number of halogens is 1. The van der Waals surface area contributed by atoms with Gasteiger partial charge in [0, 0.05) is 28.1 Å². The van der Waals surface area contributed by atoms with E-state index in [4.69, 9.17) is 21.1 Å². The van der Waals surface area contributed by atoms with E-state index in [-0.39, 0.29) is 17.6 Å². The summed E-state index contributed by atoms with van der Waals surface area (Å²) < 4.78 is 10.7. The number of amides is 1. The van der Waals surface area contributed by atoms with Gasteiger partial charge in [0.2, 0.25) is 0 Å². The molecule has 0 bridgehead atoms. The van der Waals surface area contributed by atoms with Crippen LogP contribution in [0.4, 0.5) is 0 Å². The summed E-state index contributed by atoms with van der Waals surface area (Å²) in [5, 5.41) is 3.10. The Morgan fingerprint density at radius 1 is 1.00 bits per heavy atom. The molecule has 1 aliphatic carbocycles. The molecule has 2 aliphatic rings. The molecule has 2 atom stereocenters. The molecule has 5 rings (SSSR count). The number of Topliss-reactive ketones (excluding diaryl/α,β-unsaturated/α-hetero) is 1. The van der Waals surface area contributed by atoms with Crippen LogP contribution in [0.1, 0.15) is 29.3 Å². The van der Waals surface area contributed by atoms with Crippen molar-refractivity contribution in [1.82, 2.24) is 4.98 Å². The van der Waals surface area contributed by atoms with E-state index in [2.05, 4.69) is 9.98 Å². The number of rotatable bonds is 5. The van der Waals surface area contributed by atoms with Crippen LogP contribution in [0.3, 0.4) is 0 Å². The first-order valence-electron chi connectivity index (χ1n) is 10.8. The summed E-state index contributed by atoms with van der Waals surface area (Å²) in [6.07, 6.45) is 2.64. The van der Waals surface area contributed by atoms with Gasteiger partial charge in [-0.1, -0.05) is 35.9 Å². The van der Waals surface area contributed by atoms with Gasteiger partial charge in [0.25, 0.3) is 5.91 Å². The SMILES string of the molecule is COc1ccc(C2CC(=O)C3C=C(c4nc(-c5ccc(Cl)cc5)cs4)C(=O)N=C3C2)cc1OC. The minimum Gasteiger partial charge on any atom is -0.493 e. The van der Waals surface area contributed by atoms with Crippen molar-refractivity contribution in [2.75, 3.05) is 14.2 Å². The molecule has 2 unspecified atom stereocenters. The number of benzene rings is 2. The first-order chi connectivity index (χ1) is 16.5. The molecule has 2 aromatic carbocycles. The van der Waals surface area contributed by atoms with Gasteiger partial charge in [-0.2, -0.15) is 0 Å². The predicted octanol–water partition coefficient (Wildman–Crippen LogP) is 5.61. The van der Waals surface area contributed by atoms with Gasteiger partial charge < -0.3 is 9.47 Å². The molecule has 1 fully saturated rings. The normalized spacial score (nSPS) is 19.9. The van der Waals surface area contributed by atoms with Gasteiger partial charge in [-0.05, 0) is 42.2 Å². The van der Waals surface area contributed by atoms with Gasteiger partial charge >= 0.3 is 0 Å². The molecule has 0 radical (unpaired) electrons. The molecule has 1 aliphatic heterocycles. The molecular weight excluding hydrogens is 472 g/mol. The Bertz CT molecular complexity index is 1340. The molecule has 0 N–H and O–H groups in total. The molecule has 6 nitrogen and oxygen atoms in total. The number of dihydropyridines is 1. The van der Waals surface area contributed by atoms with Crippen molar-refractivity contribution in [3.63, 3.8) is 0 Å². The Balaban J connectivity index is 1.39. The second kappa shape index (κ2) is 9.16. The summed E-state index contributed by atoms with van der Waals surface area (Å²) >= 11 is 7.34. The highest BCUT2D eigenvalue weighted by Crippen LogP contribution is 2.40. The molecule has 8 heteroatoms. The lowest BCUT2D eigenvalue weighted by Crippen LogP contribution is -2.34. The van der Waals surface area contributed by atoms with Crippen LogP contribution >= 0.6 is 22.9 Å². The Morgan fingerprint density at radius 2 is 1.76 bits per heavy atom. The zero-order valence-corrected chi connectivity index (χ0v) is 20.2. The van der Waals surface area contributed by atoms with Crippen LogP contribution in [0.15, 0.2) is 58.9 Å².